The average Bonchev–Trinajstić information content (AvgIpc) is 2.43. The van der Waals surface area contributed by atoms with Crippen LogP contribution in [-0.4, -0.2) is 15.0 Å². The van der Waals surface area contributed by atoms with Gasteiger partial charge in [0.15, 0.2) is 0 Å². The summed E-state index contributed by atoms with van der Waals surface area (Å²) in [4.78, 5) is 10.5. The summed E-state index contributed by atoms with van der Waals surface area (Å²) in [5.74, 6) is -0.663. The van der Waals surface area contributed by atoms with Gasteiger partial charge in [0.2, 0.25) is 0 Å². The number of rotatable bonds is 16. The van der Waals surface area contributed by atoms with Crippen molar-refractivity contribution in [2.24, 2.45) is 0 Å². The van der Waals surface area contributed by atoms with Gasteiger partial charge in [-0.25, -0.2) is 0 Å². The number of hydrogen-bond acceptors (Lipinski definition) is 1. The molecule has 3 heteroatoms. The van der Waals surface area contributed by atoms with Gasteiger partial charge in [-0.1, -0.05) is 113 Å². The summed E-state index contributed by atoms with van der Waals surface area (Å²) in [6, 6.07) is 0. The van der Waals surface area contributed by atoms with Crippen LogP contribution in [0.4, 0.5) is 0 Å². The Labute approximate surface area is 145 Å². The number of carboxylic acid groups (broad SMARTS) is 1. The van der Waals surface area contributed by atoms with Gasteiger partial charge in [-0.3, -0.25) is 4.79 Å². The Bertz CT molecular complexity index is 231. The van der Waals surface area contributed by atoms with E-state index in [0.717, 1.165) is 6.42 Å². The molecule has 0 aromatic rings. The molecule has 126 valence electrons. The van der Waals surface area contributed by atoms with Gasteiger partial charge in [0.25, 0.3) is 0 Å². The predicted octanol–water partition coefficient (Wildman–Crippen LogP) is 6.75. The van der Waals surface area contributed by atoms with Crippen molar-refractivity contribution in [3.63, 3.8) is 0 Å². The fourth-order valence-electron chi connectivity index (χ4n) is 2.68. The van der Waals surface area contributed by atoms with Crippen LogP contribution in [0.1, 0.15) is 103 Å². The van der Waals surface area contributed by atoms with Crippen molar-refractivity contribution in [1.82, 2.24) is 0 Å². The first-order valence-corrected chi connectivity index (χ1v) is 10.3. The first-order chi connectivity index (χ1) is 10.2. The molecule has 0 fully saturated rings. The molecule has 0 saturated heterocycles. The molecule has 1 N–H and O–H groups in total. The largest absolute Gasteiger partial charge is 0.481 e. The SMILES string of the molecule is CCCCCCCCCCCCCCCC(I)CC(=O)O. The number of aliphatic carboxylic acids is 1. The maximum absolute atomic E-state index is 10.5. The molecular weight excluding hydrogens is 375 g/mol. The monoisotopic (exact) mass is 410 g/mol. The van der Waals surface area contributed by atoms with Crippen LogP contribution < -0.4 is 0 Å². The quantitative estimate of drug-likeness (QED) is 0.174. The number of halogens is 1. The van der Waals surface area contributed by atoms with Crippen molar-refractivity contribution in [2.45, 2.75) is 107 Å². The summed E-state index contributed by atoms with van der Waals surface area (Å²) in [5.41, 5.74) is 0. The number of alkyl halides is 1. The van der Waals surface area contributed by atoms with E-state index in [1.54, 1.807) is 0 Å². The van der Waals surface area contributed by atoms with Crippen molar-refractivity contribution in [3.8, 4) is 0 Å². The molecule has 0 rings (SSSR count). The lowest BCUT2D eigenvalue weighted by atomic mass is 10.0. The van der Waals surface area contributed by atoms with E-state index in [1.807, 2.05) is 0 Å². The molecule has 1 atom stereocenters. The third-order valence-corrected chi connectivity index (χ3v) is 5.08. The van der Waals surface area contributed by atoms with Crippen molar-refractivity contribution in [2.75, 3.05) is 0 Å². The van der Waals surface area contributed by atoms with E-state index in [0.29, 0.717) is 10.3 Å². The molecular formula is C18H35IO2. The van der Waals surface area contributed by atoms with E-state index < -0.39 is 5.97 Å². The van der Waals surface area contributed by atoms with E-state index in [-0.39, 0.29) is 0 Å². The highest BCUT2D eigenvalue weighted by molar-refractivity contribution is 14.1. The lowest BCUT2D eigenvalue weighted by molar-refractivity contribution is -0.136. The van der Waals surface area contributed by atoms with Gasteiger partial charge < -0.3 is 5.11 Å². The number of hydrogen-bond donors (Lipinski definition) is 1. The Morgan fingerprint density at radius 3 is 1.57 bits per heavy atom. The van der Waals surface area contributed by atoms with Crippen LogP contribution in [0.3, 0.4) is 0 Å². The van der Waals surface area contributed by atoms with E-state index >= 15 is 0 Å². The molecule has 0 aromatic heterocycles. The number of unbranched alkanes of at least 4 members (excludes halogenated alkanes) is 12. The average molecular weight is 410 g/mol. The molecule has 0 amide bonds. The van der Waals surface area contributed by atoms with Gasteiger partial charge in [0, 0.05) is 3.92 Å². The predicted molar refractivity (Wildman–Crippen MR) is 100 cm³/mol. The molecule has 0 saturated carbocycles. The minimum Gasteiger partial charge on any atom is -0.481 e. The zero-order valence-corrected chi connectivity index (χ0v) is 16.1. The van der Waals surface area contributed by atoms with Gasteiger partial charge in [0.05, 0.1) is 6.42 Å². The van der Waals surface area contributed by atoms with Crippen LogP contribution in [-0.2, 0) is 4.79 Å². The Balaban J connectivity index is 3.07. The van der Waals surface area contributed by atoms with Crippen LogP contribution in [0.2, 0.25) is 0 Å². The van der Waals surface area contributed by atoms with E-state index in [1.165, 1.54) is 83.5 Å². The van der Waals surface area contributed by atoms with Crippen LogP contribution in [0.15, 0.2) is 0 Å². The Hall–Kier alpha value is 0.200. The molecule has 0 aromatic carbocycles. The smallest absolute Gasteiger partial charge is 0.304 e. The van der Waals surface area contributed by atoms with Crippen LogP contribution in [0.5, 0.6) is 0 Å². The summed E-state index contributed by atoms with van der Waals surface area (Å²) in [5, 5.41) is 8.68. The van der Waals surface area contributed by atoms with Gasteiger partial charge in [0.1, 0.15) is 0 Å². The van der Waals surface area contributed by atoms with E-state index in [2.05, 4.69) is 29.5 Å². The minimum atomic E-state index is -0.663. The summed E-state index contributed by atoms with van der Waals surface area (Å²) in [6.45, 7) is 2.27. The molecule has 0 spiro atoms. The summed E-state index contributed by atoms with van der Waals surface area (Å²) in [6.07, 6.45) is 19.2. The Morgan fingerprint density at radius 2 is 1.19 bits per heavy atom. The fourth-order valence-corrected chi connectivity index (χ4v) is 3.49. The first kappa shape index (κ1) is 21.2. The molecule has 0 aliphatic carbocycles. The molecule has 0 bridgehead atoms. The zero-order valence-electron chi connectivity index (χ0n) is 13.9. The lowest BCUT2D eigenvalue weighted by Crippen LogP contribution is -2.06. The molecule has 21 heavy (non-hydrogen) atoms. The topological polar surface area (TPSA) is 37.3 Å². The van der Waals surface area contributed by atoms with Crippen LogP contribution >= 0.6 is 22.6 Å². The van der Waals surface area contributed by atoms with Crippen LogP contribution in [0, 0.1) is 0 Å². The second kappa shape index (κ2) is 16.6. The van der Waals surface area contributed by atoms with Gasteiger partial charge >= 0.3 is 5.97 Å². The third-order valence-electron chi connectivity index (χ3n) is 4.02. The van der Waals surface area contributed by atoms with E-state index in [9.17, 15) is 4.79 Å². The summed E-state index contributed by atoms with van der Waals surface area (Å²) < 4.78 is 0.313. The standard InChI is InChI=1S/C18H35IO2/c1-2-3-4-5-6-7-8-9-10-11-12-13-14-15-17(19)16-18(20)21/h17H,2-16H2,1H3,(H,20,21). The molecule has 1 unspecified atom stereocenters. The highest BCUT2D eigenvalue weighted by atomic mass is 127. The van der Waals surface area contributed by atoms with Gasteiger partial charge in [-0.15, -0.1) is 0 Å². The zero-order chi connectivity index (χ0) is 15.8. The molecule has 0 heterocycles. The van der Waals surface area contributed by atoms with Crippen molar-refractivity contribution in [1.29, 1.82) is 0 Å². The van der Waals surface area contributed by atoms with Crippen LogP contribution in [0.25, 0.3) is 0 Å². The Kier molecular flexibility index (Phi) is 16.7. The number of carbonyl (C=O) groups is 1. The van der Waals surface area contributed by atoms with Gasteiger partial charge in [-0.2, -0.15) is 0 Å². The lowest BCUT2D eigenvalue weighted by Gasteiger charge is -2.06. The second-order valence-electron chi connectivity index (χ2n) is 6.23. The molecule has 0 radical (unpaired) electrons. The Morgan fingerprint density at radius 1 is 0.810 bits per heavy atom. The minimum absolute atomic E-state index is 0.313. The maximum atomic E-state index is 10.5. The third kappa shape index (κ3) is 18.2. The summed E-state index contributed by atoms with van der Waals surface area (Å²) in [7, 11) is 0. The molecule has 0 aliphatic rings. The van der Waals surface area contributed by atoms with Gasteiger partial charge in [-0.05, 0) is 6.42 Å². The summed E-state index contributed by atoms with van der Waals surface area (Å²) >= 11 is 2.27. The van der Waals surface area contributed by atoms with Crippen molar-refractivity contribution >= 4 is 28.6 Å². The number of carboxylic acids is 1. The molecule has 2 nitrogen and oxygen atoms in total. The highest BCUT2D eigenvalue weighted by Gasteiger charge is 2.08. The van der Waals surface area contributed by atoms with E-state index in [4.69, 9.17) is 5.11 Å². The van der Waals surface area contributed by atoms with Crippen molar-refractivity contribution in [3.05, 3.63) is 0 Å². The maximum Gasteiger partial charge on any atom is 0.304 e. The first-order valence-electron chi connectivity index (χ1n) is 9.02. The fraction of sp³-hybridized carbons (Fsp3) is 0.944. The van der Waals surface area contributed by atoms with Crippen molar-refractivity contribution < 1.29 is 9.90 Å². The molecule has 0 aliphatic heterocycles. The highest BCUT2D eigenvalue weighted by Crippen LogP contribution is 2.17. The normalized spacial score (nSPS) is 12.5. The second-order valence-corrected chi connectivity index (χ2v) is 7.99.